The first kappa shape index (κ1) is 63.5. The van der Waals surface area contributed by atoms with E-state index in [1.54, 1.807) is 0 Å². The van der Waals surface area contributed by atoms with E-state index in [2.05, 4.69) is 38.2 Å². The number of rotatable bonds is 47. The molecule has 0 aromatic heterocycles. The van der Waals surface area contributed by atoms with Crippen molar-refractivity contribution < 1.29 is 61.6 Å². The van der Waals surface area contributed by atoms with E-state index in [1.807, 2.05) is 0 Å². The number of carbonyl (C=O) groups is 2. The molecular weight excluding hydrogens is 840 g/mol. The van der Waals surface area contributed by atoms with Gasteiger partial charge >= 0.3 is 41.5 Å². The van der Waals surface area contributed by atoms with Gasteiger partial charge in [-0.15, -0.1) is 0 Å². The summed E-state index contributed by atoms with van der Waals surface area (Å²) in [4.78, 5) is 25.4. The van der Waals surface area contributed by atoms with Crippen LogP contribution in [0.1, 0.15) is 291 Å². The first-order valence-corrected chi connectivity index (χ1v) is 28.5. The molecule has 1 rings (SSSR count). The zero-order valence-corrected chi connectivity index (χ0v) is 45.3. The van der Waals surface area contributed by atoms with Crippen molar-refractivity contribution in [3.05, 3.63) is 53.6 Å². The van der Waals surface area contributed by atoms with Gasteiger partial charge in [0.2, 0.25) is 0 Å². The maximum atomic E-state index is 13.1. The monoisotopic (exact) mass is 937 g/mol. The molecule has 0 bridgehead atoms. The van der Waals surface area contributed by atoms with Crippen molar-refractivity contribution in [2.45, 2.75) is 276 Å². The standard InChI is InChI=1S/C56H98O7S.Na/c1-3-5-7-9-11-13-15-17-19-21-23-25-27-29-31-33-35-37-39-41-43-45-50-62-55(57)52-48-47-49-53(64(59,60)61)54(52)56(58)63-51-46-44-42-40-38-36-34-32-30-28-26-24-22-20-18-16-14-12-10-8-6-4-2;/h13-16,47-49H,3-12,17-46,50-51H2,1-2H3,(H,59,60,61);/q;+1/p-1/b15-13+,16-14+;. The molecule has 0 N–H and O–H groups in total. The molecule has 0 aliphatic heterocycles. The third kappa shape index (κ3) is 39.1. The normalized spacial score (nSPS) is 11.7. The van der Waals surface area contributed by atoms with Gasteiger partial charge in [-0.1, -0.05) is 237 Å². The van der Waals surface area contributed by atoms with Gasteiger partial charge in [0.15, 0.2) is 0 Å². The van der Waals surface area contributed by atoms with Gasteiger partial charge in [0, 0.05) is 0 Å². The Morgan fingerprint density at radius 3 is 1.02 bits per heavy atom. The second-order valence-electron chi connectivity index (χ2n) is 18.5. The Kier molecular flexibility index (Phi) is 46.5. The molecule has 0 spiro atoms. The minimum atomic E-state index is -5.02. The minimum absolute atomic E-state index is 0. The van der Waals surface area contributed by atoms with Crippen molar-refractivity contribution in [2.24, 2.45) is 0 Å². The van der Waals surface area contributed by atoms with E-state index in [4.69, 9.17) is 9.47 Å². The Morgan fingerprint density at radius 1 is 0.431 bits per heavy atom. The fourth-order valence-corrected chi connectivity index (χ4v) is 9.11. The largest absolute Gasteiger partial charge is 1.00 e. The van der Waals surface area contributed by atoms with E-state index < -0.39 is 32.5 Å². The average molecular weight is 937 g/mol. The molecule has 0 saturated carbocycles. The molecule has 0 aliphatic rings. The van der Waals surface area contributed by atoms with E-state index in [9.17, 15) is 22.6 Å². The summed E-state index contributed by atoms with van der Waals surface area (Å²) in [6.45, 7) is 4.78. The summed E-state index contributed by atoms with van der Waals surface area (Å²) in [7, 11) is -5.02. The number of hydrogen-bond acceptors (Lipinski definition) is 7. The summed E-state index contributed by atoms with van der Waals surface area (Å²) in [5.74, 6) is -1.80. The molecule has 7 nitrogen and oxygen atoms in total. The van der Waals surface area contributed by atoms with Crippen LogP contribution in [-0.4, -0.2) is 38.1 Å². The van der Waals surface area contributed by atoms with Crippen LogP contribution in [0.2, 0.25) is 0 Å². The molecule has 9 heteroatoms. The molecule has 0 heterocycles. The molecule has 1 aromatic carbocycles. The molecule has 0 amide bonds. The van der Waals surface area contributed by atoms with Crippen molar-refractivity contribution in [3.63, 3.8) is 0 Å². The molecule has 0 fully saturated rings. The van der Waals surface area contributed by atoms with Gasteiger partial charge < -0.3 is 14.0 Å². The predicted molar refractivity (Wildman–Crippen MR) is 269 cm³/mol. The maximum Gasteiger partial charge on any atom is 1.00 e. The molecule has 0 unspecified atom stereocenters. The minimum Gasteiger partial charge on any atom is -0.744 e. The summed E-state index contributed by atoms with van der Waals surface area (Å²) in [6.07, 6.45) is 59.0. The average Bonchev–Trinajstić information content (AvgIpc) is 3.28. The third-order valence-electron chi connectivity index (χ3n) is 12.5. The Morgan fingerprint density at radius 2 is 0.708 bits per heavy atom. The number of hydrogen-bond donors (Lipinski definition) is 0. The van der Waals surface area contributed by atoms with Crippen LogP contribution in [0.3, 0.4) is 0 Å². The van der Waals surface area contributed by atoms with Crippen LogP contribution in [-0.2, 0) is 19.6 Å². The van der Waals surface area contributed by atoms with E-state index in [0.29, 0.717) is 12.8 Å². The van der Waals surface area contributed by atoms with E-state index in [-0.39, 0.29) is 48.3 Å². The molecule has 1 aromatic rings. The Labute approximate surface area is 423 Å². The molecule has 370 valence electrons. The molecule has 0 radical (unpaired) electrons. The SMILES string of the molecule is CCCCCC/C=C/CCCCCCCCCCCCCCCCOC(=O)c1cccc(S(=O)(=O)[O-])c1C(=O)OCCCCCCCCCCCCCCCC/C=C/CCCCCC.[Na+]. The quantitative estimate of drug-likeness (QED) is 0.0210. The van der Waals surface area contributed by atoms with E-state index in [0.717, 1.165) is 44.6 Å². The predicted octanol–water partition coefficient (Wildman–Crippen LogP) is 14.7. The summed E-state index contributed by atoms with van der Waals surface area (Å²) >= 11 is 0. The second kappa shape index (κ2) is 47.6. The van der Waals surface area contributed by atoms with Crippen LogP contribution < -0.4 is 29.6 Å². The van der Waals surface area contributed by atoms with E-state index >= 15 is 0 Å². The third-order valence-corrected chi connectivity index (χ3v) is 13.4. The fourth-order valence-electron chi connectivity index (χ4n) is 8.42. The molecular formula is C56H97NaO7S. The number of unbranched alkanes of at least 4 members (excludes halogenated alkanes) is 36. The maximum absolute atomic E-state index is 13.1. The summed E-state index contributed by atoms with van der Waals surface area (Å²) in [5, 5.41) is 0. The van der Waals surface area contributed by atoms with Crippen LogP contribution >= 0.6 is 0 Å². The molecule has 0 atom stereocenters. The van der Waals surface area contributed by atoms with Gasteiger partial charge in [-0.05, 0) is 76.3 Å². The van der Waals surface area contributed by atoms with Gasteiger partial charge in [0.05, 0.1) is 29.2 Å². The first-order valence-electron chi connectivity index (χ1n) is 27.1. The number of benzene rings is 1. The van der Waals surface area contributed by atoms with Gasteiger partial charge in [0.25, 0.3) is 0 Å². The van der Waals surface area contributed by atoms with Crippen LogP contribution in [0.25, 0.3) is 0 Å². The summed E-state index contributed by atoms with van der Waals surface area (Å²) in [6, 6.07) is 3.65. The van der Waals surface area contributed by atoms with Crippen LogP contribution in [0.15, 0.2) is 47.4 Å². The van der Waals surface area contributed by atoms with Crippen molar-refractivity contribution in [1.82, 2.24) is 0 Å². The first-order chi connectivity index (χ1) is 31.3. The van der Waals surface area contributed by atoms with Crippen molar-refractivity contribution >= 4 is 22.1 Å². The Hall–Kier alpha value is -1.45. The molecule has 0 saturated heterocycles. The summed E-state index contributed by atoms with van der Waals surface area (Å²) < 4.78 is 47.0. The number of ether oxygens (including phenoxy) is 2. The summed E-state index contributed by atoms with van der Waals surface area (Å²) in [5.41, 5.74) is -0.768. The van der Waals surface area contributed by atoms with Crippen molar-refractivity contribution in [2.75, 3.05) is 13.2 Å². The van der Waals surface area contributed by atoms with Crippen LogP contribution in [0.4, 0.5) is 0 Å². The van der Waals surface area contributed by atoms with Gasteiger partial charge in [-0.2, -0.15) is 0 Å². The Balaban J connectivity index is 0.0000410. The van der Waals surface area contributed by atoms with Gasteiger partial charge in [-0.25, -0.2) is 18.0 Å². The molecule has 65 heavy (non-hydrogen) atoms. The second-order valence-corrected chi connectivity index (χ2v) is 19.9. The van der Waals surface area contributed by atoms with E-state index in [1.165, 1.54) is 218 Å². The van der Waals surface area contributed by atoms with Gasteiger partial charge in [-0.3, -0.25) is 0 Å². The van der Waals surface area contributed by atoms with Gasteiger partial charge in [0.1, 0.15) is 10.1 Å². The van der Waals surface area contributed by atoms with Crippen molar-refractivity contribution in [1.29, 1.82) is 0 Å². The van der Waals surface area contributed by atoms with Crippen LogP contribution in [0.5, 0.6) is 0 Å². The topological polar surface area (TPSA) is 110 Å². The zero-order chi connectivity index (χ0) is 46.4. The zero-order valence-electron chi connectivity index (χ0n) is 42.5. The fraction of sp³-hybridized carbons (Fsp3) is 0.786. The Bertz CT molecular complexity index is 1410. The number of carbonyl (C=O) groups excluding carboxylic acids is 2. The smallest absolute Gasteiger partial charge is 0.744 e. The molecule has 0 aliphatic carbocycles. The number of allylic oxidation sites excluding steroid dienone is 4. The van der Waals surface area contributed by atoms with Crippen LogP contribution in [0, 0.1) is 0 Å². The van der Waals surface area contributed by atoms with Crippen molar-refractivity contribution in [3.8, 4) is 0 Å². The number of esters is 2.